The number of fused-ring (bicyclic) bond motifs is 1. The van der Waals surface area contributed by atoms with Crippen molar-refractivity contribution < 1.29 is 8.78 Å². The lowest BCUT2D eigenvalue weighted by molar-refractivity contribution is -0.0384. The Balaban J connectivity index is 1.41. The van der Waals surface area contributed by atoms with Gasteiger partial charge in [0, 0.05) is 50.2 Å². The second-order valence-electron chi connectivity index (χ2n) is 8.86. The number of rotatable bonds is 4. The lowest BCUT2D eigenvalue weighted by Gasteiger charge is -2.27. The highest BCUT2D eigenvalue weighted by atomic mass is 19.3. The average molecular weight is 429 g/mol. The summed E-state index contributed by atoms with van der Waals surface area (Å²) < 4.78 is 27.2. The monoisotopic (exact) mass is 429 g/mol. The second kappa shape index (κ2) is 7.74. The van der Waals surface area contributed by atoms with Crippen LogP contribution in [0.1, 0.15) is 61.8 Å². The molecule has 1 saturated heterocycles. The normalized spacial score (nSPS) is 24.7. The van der Waals surface area contributed by atoms with Crippen LogP contribution >= 0.6 is 0 Å². The van der Waals surface area contributed by atoms with Crippen LogP contribution in [0.2, 0.25) is 0 Å². The minimum atomic E-state index is -2.60. The third kappa shape index (κ3) is 3.96. The van der Waals surface area contributed by atoms with Gasteiger partial charge in [-0.05, 0) is 24.8 Å². The van der Waals surface area contributed by atoms with Crippen LogP contribution in [-0.2, 0) is 6.54 Å². The smallest absolute Gasteiger partial charge is 0.279 e. The highest BCUT2D eigenvalue weighted by Crippen LogP contribution is 2.41. The number of H-pyrrole nitrogens is 2. The minimum absolute atomic E-state index is 0.0549. The lowest BCUT2D eigenvalue weighted by atomic mass is 9.84. The van der Waals surface area contributed by atoms with Gasteiger partial charge < -0.3 is 4.98 Å². The van der Waals surface area contributed by atoms with Crippen molar-refractivity contribution in [2.24, 2.45) is 5.92 Å². The Morgan fingerprint density at radius 2 is 1.90 bits per heavy atom. The molecule has 10 heteroatoms. The molecule has 2 atom stereocenters. The predicted molar refractivity (Wildman–Crippen MR) is 110 cm³/mol. The zero-order chi connectivity index (χ0) is 21.6. The van der Waals surface area contributed by atoms with E-state index in [0.29, 0.717) is 36.4 Å². The van der Waals surface area contributed by atoms with Crippen molar-refractivity contribution in [3.05, 3.63) is 46.2 Å². The van der Waals surface area contributed by atoms with Crippen LogP contribution in [0, 0.1) is 5.92 Å². The maximum Gasteiger partial charge on any atom is 0.279 e. The van der Waals surface area contributed by atoms with E-state index >= 15 is 0 Å². The van der Waals surface area contributed by atoms with Crippen molar-refractivity contribution in [2.75, 3.05) is 13.1 Å². The van der Waals surface area contributed by atoms with E-state index in [1.54, 1.807) is 18.5 Å². The SMILES string of the molecule is CC1CN(Cc2ncccn2)CC1c1nc2c(C3CCC(F)(F)CC3)[nH]nc2c(=O)[nH]1. The van der Waals surface area contributed by atoms with Gasteiger partial charge in [-0.1, -0.05) is 6.92 Å². The van der Waals surface area contributed by atoms with Gasteiger partial charge in [0.25, 0.3) is 5.56 Å². The Hall–Kier alpha value is -2.75. The molecule has 0 amide bonds. The molecular formula is C21H25F2N7O. The van der Waals surface area contributed by atoms with E-state index in [2.05, 4.69) is 37.0 Å². The van der Waals surface area contributed by atoms with Crippen molar-refractivity contribution in [1.29, 1.82) is 0 Å². The summed E-state index contributed by atoms with van der Waals surface area (Å²) >= 11 is 0. The Kier molecular flexibility index (Phi) is 5.04. The van der Waals surface area contributed by atoms with Gasteiger partial charge in [0.05, 0.1) is 12.2 Å². The van der Waals surface area contributed by atoms with E-state index in [0.717, 1.165) is 18.9 Å². The summed E-state index contributed by atoms with van der Waals surface area (Å²) in [5, 5.41) is 7.06. The van der Waals surface area contributed by atoms with Crippen molar-refractivity contribution in [1.82, 2.24) is 35.0 Å². The van der Waals surface area contributed by atoms with Gasteiger partial charge in [-0.15, -0.1) is 0 Å². The van der Waals surface area contributed by atoms with Crippen LogP contribution in [0.4, 0.5) is 8.78 Å². The van der Waals surface area contributed by atoms with Gasteiger partial charge in [0.2, 0.25) is 5.92 Å². The first kappa shape index (κ1) is 20.2. The first-order chi connectivity index (χ1) is 14.9. The number of aromatic amines is 2. The fourth-order valence-electron chi connectivity index (χ4n) is 4.90. The molecular weight excluding hydrogens is 404 g/mol. The summed E-state index contributed by atoms with van der Waals surface area (Å²) in [6.07, 6.45) is 3.88. The van der Waals surface area contributed by atoms with Gasteiger partial charge in [-0.2, -0.15) is 5.10 Å². The zero-order valence-corrected chi connectivity index (χ0v) is 17.3. The van der Waals surface area contributed by atoms with E-state index in [4.69, 9.17) is 4.98 Å². The summed E-state index contributed by atoms with van der Waals surface area (Å²) in [4.78, 5) is 31.2. The molecule has 1 aliphatic heterocycles. The van der Waals surface area contributed by atoms with Crippen LogP contribution in [-0.4, -0.2) is 54.0 Å². The van der Waals surface area contributed by atoms with Crippen LogP contribution in [0.15, 0.2) is 23.3 Å². The predicted octanol–water partition coefficient (Wildman–Crippen LogP) is 2.96. The van der Waals surface area contributed by atoms with E-state index in [1.807, 2.05) is 0 Å². The van der Waals surface area contributed by atoms with Crippen molar-refractivity contribution in [3.63, 3.8) is 0 Å². The second-order valence-corrected chi connectivity index (χ2v) is 8.86. The molecule has 2 fully saturated rings. The Morgan fingerprint density at radius 3 is 2.65 bits per heavy atom. The Bertz CT molecular complexity index is 1120. The van der Waals surface area contributed by atoms with Crippen LogP contribution in [0.5, 0.6) is 0 Å². The topological polar surface area (TPSA) is 103 Å². The number of hydrogen-bond donors (Lipinski definition) is 2. The van der Waals surface area contributed by atoms with Gasteiger partial charge in [0.1, 0.15) is 17.2 Å². The number of alkyl halides is 2. The Labute approximate surface area is 177 Å². The molecule has 1 aliphatic carbocycles. The van der Waals surface area contributed by atoms with E-state index in [9.17, 15) is 13.6 Å². The molecule has 3 aromatic heterocycles. The third-order valence-corrected chi connectivity index (χ3v) is 6.61. The van der Waals surface area contributed by atoms with Crippen LogP contribution in [0.3, 0.4) is 0 Å². The molecule has 2 N–H and O–H groups in total. The molecule has 5 rings (SSSR count). The van der Waals surface area contributed by atoms with Crippen LogP contribution in [0.25, 0.3) is 11.0 Å². The molecule has 8 nitrogen and oxygen atoms in total. The maximum absolute atomic E-state index is 13.6. The summed E-state index contributed by atoms with van der Waals surface area (Å²) in [7, 11) is 0. The molecule has 0 aromatic carbocycles. The fraction of sp³-hybridized carbons (Fsp3) is 0.571. The average Bonchev–Trinajstić information content (AvgIpc) is 3.32. The summed E-state index contributed by atoms with van der Waals surface area (Å²) in [5.74, 6) is -0.955. The largest absolute Gasteiger partial charge is 0.308 e. The zero-order valence-electron chi connectivity index (χ0n) is 17.3. The standard InChI is InChI=1S/C21H25F2N7O/c1-12-9-30(11-15-24-7-2-8-25-15)10-14(12)19-26-17-16(28-29-18(17)20(31)27-19)13-3-5-21(22,23)6-4-13/h2,7-8,12-14H,3-6,9-11H2,1H3,(H,28,29)(H,26,27,31). The molecule has 3 aromatic rings. The summed E-state index contributed by atoms with van der Waals surface area (Å²) in [6.45, 7) is 4.36. The van der Waals surface area contributed by atoms with Gasteiger partial charge in [-0.25, -0.2) is 23.7 Å². The highest BCUT2D eigenvalue weighted by Gasteiger charge is 2.37. The Morgan fingerprint density at radius 1 is 1.16 bits per heavy atom. The number of nitrogens with one attached hydrogen (secondary N) is 2. The van der Waals surface area contributed by atoms with E-state index in [-0.39, 0.29) is 41.7 Å². The van der Waals surface area contributed by atoms with Crippen molar-refractivity contribution in [2.45, 2.75) is 56.9 Å². The fourth-order valence-corrected chi connectivity index (χ4v) is 4.90. The molecule has 1 saturated carbocycles. The molecule has 0 spiro atoms. The van der Waals surface area contributed by atoms with Gasteiger partial charge in [0.15, 0.2) is 5.52 Å². The molecule has 2 aliphatic rings. The first-order valence-corrected chi connectivity index (χ1v) is 10.7. The quantitative estimate of drug-likeness (QED) is 0.661. The number of nitrogens with zero attached hydrogens (tertiary/aromatic N) is 5. The number of likely N-dealkylation sites (tertiary alicyclic amines) is 1. The number of aromatic nitrogens is 6. The van der Waals surface area contributed by atoms with Crippen molar-refractivity contribution >= 4 is 11.0 Å². The summed E-state index contributed by atoms with van der Waals surface area (Å²) in [5.41, 5.74) is 1.18. The first-order valence-electron chi connectivity index (χ1n) is 10.7. The maximum atomic E-state index is 13.6. The van der Waals surface area contributed by atoms with Crippen molar-refractivity contribution in [3.8, 4) is 0 Å². The number of hydrogen-bond acceptors (Lipinski definition) is 6. The minimum Gasteiger partial charge on any atom is -0.308 e. The molecule has 164 valence electrons. The van der Waals surface area contributed by atoms with E-state index < -0.39 is 5.92 Å². The molecule has 2 unspecified atom stereocenters. The highest BCUT2D eigenvalue weighted by molar-refractivity contribution is 5.76. The van der Waals surface area contributed by atoms with E-state index in [1.165, 1.54) is 0 Å². The molecule has 0 bridgehead atoms. The third-order valence-electron chi connectivity index (χ3n) is 6.61. The summed E-state index contributed by atoms with van der Waals surface area (Å²) in [6, 6.07) is 1.79. The molecule has 0 radical (unpaired) electrons. The number of halogens is 2. The van der Waals surface area contributed by atoms with Gasteiger partial charge >= 0.3 is 0 Å². The lowest BCUT2D eigenvalue weighted by Crippen LogP contribution is -2.24. The van der Waals surface area contributed by atoms with Crippen LogP contribution < -0.4 is 5.56 Å². The molecule has 4 heterocycles. The molecule has 31 heavy (non-hydrogen) atoms. The van der Waals surface area contributed by atoms with Gasteiger partial charge in [-0.3, -0.25) is 14.8 Å².